The number of hydrogen-bond donors (Lipinski definition) is 1. The molecule has 1 heterocycles. The van der Waals surface area contributed by atoms with Crippen molar-refractivity contribution in [1.29, 1.82) is 0 Å². The minimum atomic E-state index is -1.97. The third kappa shape index (κ3) is 6.34. The molecule has 172 valence electrons. The third-order valence-electron chi connectivity index (χ3n) is 7.11. The fourth-order valence-corrected chi connectivity index (χ4v) is 5.10. The molecular weight excluding hydrogens is 408 g/mol. The summed E-state index contributed by atoms with van der Waals surface area (Å²) < 4.78 is 19.1. The maximum absolute atomic E-state index is 10.2. The molecule has 4 nitrogen and oxygen atoms in total. The second-order valence-electron chi connectivity index (χ2n) is 12.2. The highest BCUT2D eigenvalue weighted by Crippen LogP contribution is 2.41. The summed E-state index contributed by atoms with van der Waals surface area (Å²) in [4.78, 5) is 0. The molecule has 1 N–H and O–H groups in total. The van der Waals surface area contributed by atoms with Gasteiger partial charge in [0.2, 0.25) is 16.6 Å². The Hall–Kier alpha value is -0.826. The molecule has 0 aliphatic carbocycles. The van der Waals surface area contributed by atoms with Gasteiger partial charge in [0.25, 0.3) is 0 Å². The Morgan fingerprint density at radius 2 is 1.37 bits per heavy atom. The van der Waals surface area contributed by atoms with Crippen LogP contribution in [0.1, 0.15) is 66.9 Å². The first-order valence-corrected chi connectivity index (χ1v) is 17.1. The summed E-state index contributed by atoms with van der Waals surface area (Å²) >= 11 is 0. The van der Waals surface area contributed by atoms with E-state index in [0.717, 1.165) is 29.9 Å². The molecular formula is C24H44O4Si2. The van der Waals surface area contributed by atoms with Gasteiger partial charge < -0.3 is 18.7 Å². The standard InChI is InChI=1S/C24H44O4Si2/c1-22(2,3)29(8,9)27-20-15-18(14-19-12-13-24(7,25)26-19)16-21(17-20)28-30(10,11)23(4,5)6/h15-17,19,25H,12-14H2,1-11H3/t19-,24?/m1/s1. The van der Waals surface area contributed by atoms with E-state index in [1.807, 2.05) is 0 Å². The van der Waals surface area contributed by atoms with Crippen LogP contribution in [0.3, 0.4) is 0 Å². The lowest BCUT2D eigenvalue weighted by molar-refractivity contribution is -0.177. The van der Waals surface area contributed by atoms with Crippen molar-refractivity contribution in [2.75, 3.05) is 0 Å². The van der Waals surface area contributed by atoms with Crippen molar-refractivity contribution in [2.45, 2.75) is 116 Å². The Labute approximate surface area is 186 Å². The minimum Gasteiger partial charge on any atom is -0.543 e. The molecule has 0 amide bonds. The molecule has 1 aromatic carbocycles. The third-order valence-corrected chi connectivity index (χ3v) is 15.8. The predicted octanol–water partition coefficient (Wildman–Crippen LogP) is 6.88. The van der Waals surface area contributed by atoms with Crippen molar-refractivity contribution < 1.29 is 18.7 Å². The van der Waals surface area contributed by atoms with Crippen molar-refractivity contribution in [3.05, 3.63) is 23.8 Å². The molecule has 1 aliphatic rings. The maximum atomic E-state index is 10.2. The lowest BCUT2D eigenvalue weighted by atomic mass is 10.0. The molecule has 1 fully saturated rings. The molecule has 0 saturated carbocycles. The summed E-state index contributed by atoms with van der Waals surface area (Å²) in [6.45, 7) is 24.3. The van der Waals surface area contributed by atoms with E-state index in [1.165, 1.54) is 0 Å². The zero-order valence-corrected chi connectivity index (χ0v) is 23.1. The molecule has 6 heteroatoms. The van der Waals surface area contributed by atoms with Crippen molar-refractivity contribution in [2.24, 2.45) is 0 Å². The highest BCUT2D eigenvalue weighted by Gasteiger charge is 2.41. The number of hydrogen-bond acceptors (Lipinski definition) is 4. The average molecular weight is 453 g/mol. The number of aliphatic hydroxyl groups is 1. The van der Waals surface area contributed by atoms with E-state index in [9.17, 15) is 5.11 Å². The summed E-state index contributed by atoms with van der Waals surface area (Å²) in [7, 11) is -3.94. The van der Waals surface area contributed by atoms with Gasteiger partial charge in [-0.05, 0) is 73.7 Å². The number of rotatable bonds is 6. The summed E-state index contributed by atoms with van der Waals surface area (Å²) in [6, 6.07) is 6.33. The molecule has 0 bridgehead atoms. The summed E-state index contributed by atoms with van der Waals surface area (Å²) in [5.41, 5.74) is 1.14. The van der Waals surface area contributed by atoms with Crippen LogP contribution in [0.15, 0.2) is 18.2 Å². The van der Waals surface area contributed by atoms with Crippen LogP contribution < -0.4 is 8.85 Å². The molecule has 2 atom stereocenters. The average Bonchev–Trinajstić information content (AvgIpc) is 2.82. The topological polar surface area (TPSA) is 47.9 Å². The van der Waals surface area contributed by atoms with Crippen molar-refractivity contribution in [3.63, 3.8) is 0 Å². The van der Waals surface area contributed by atoms with Gasteiger partial charge in [0.15, 0.2) is 5.79 Å². The minimum absolute atomic E-state index is 0.0174. The Kier molecular flexibility index (Phi) is 7.01. The van der Waals surface area contributed by atoms with E-state index in [1.54, 1.807) is 6.92 Å². The SMILES string of the molecule is CC1(O)CC[C@H](Cc2cc(O[Si](C)(C)C(C)(C)C)cc(O[Si](C)(C)C(C)(C)C)c2)O1. The van der Waals surface area contributed by atoms with E-state index in [4.69, 9.17) is 13.6 Å². The normalized spacial score (nSPS) is 23.5. The largest absolute Gasteiger partial charge is 0.543 e. The summed E-state index contributed by atoms with van der Waals surface area (Å²) in [5, 5.41) is 10.4. The van der Waals surface area contributed by atoms with Gasteiger partial charge in [0.1, 0.15) is 11.5 Å². The zero-order chi connectivity index (χ0) is 23.2. The summed E-state index contributed by atoms with van der Waals surface area (Å²) in [6.07, 6.45) is 2.30. The van der Waals surface area contributed by atoms with Gasteiger partial charge in [-0.15, -0.1) is 0 Å². The molecule has 30 heavy (non-hydrogen) atoms. The van der Waals surface area contributed by atoms with E-state index in [2.05, 4.69) is 85.9 Å². The van der Waals surface area contributed by atoms with Gasteiger partial charge in [-0.3, -0.25) is 0 Å². The predicted molar refractivity (Wildman–Crippen MR) is 131 cm³/mol. The molecule has 1 saturated heterocycles. The molecule has 2 rings (SSSR count). The van der Waals surface area contributed by atoms with E-state index in [0.29, 0.717) is 6.42 Å². The molecule has 1 aliphatic heterocycles. The van der Waals surface area contributed by atoms with Gasteiger partial charge in [0.05, 0.1) is 6.10 Å². The highest BCUT2D eigenvalue weighted by molar-refractivity contribution is 6.75. The number of ether oxygens (including phenoxy) is 1. The first-order valence-electron chi connectivity index (χ1n) is 11.2. The Balaban J connectivity index is 2.36. The van der Waals surface area contributed by atoms with Crippen LogP contribution in [0.2, 0.25) is 36.3 Å². The highest BCUT2D eigenvalue weighted by atomic mass is 28.4. The second-order valence-corrected chi connectivity index (χ2v) is 21.6. The van der Waals surface area contributed by atoms with Crippen LogP contribution in [-0.4, -0.2) is 33.6 Å². The first kappa shape index (κ1) is 25.4. The smallest absolute Gasteiger partial charge is 0.250 e. The van der Waals surface area contributed by atoms with Crippen LogP contribution in [0.25, 0.3) is 0 Å². The van der Waals surface area contributed by atoms with Gasteiger partial charge in [-0.1, -0.05) is 41.5 Å². The quantitative estimate of drug-likeness (QED) is 0.478. The van der Waals surface area contributed by atoms with Crippen molar-refractivity contribution in [1.82, 2.24) is 0 Å². The Morgan fingerprint density at radius 3 is 1.70 bits per heavy atom. The Bertz CT molecular complexity index is 696. The van der Waals surface area contributed by atoms with E-state index < -0.39 is 22.4 Å². The van der Waals surface area contributed by atoms with Crippen LogP contribution >= 0.6 is 0 Å². The van der Waals surface area contributed by atoms with E-state index >= 15 is 0 Å². The summed E-state index contributed by atoms with van der Waals surface area (Å²) in [5.74, 6) is 0.760. The second kappa shape index (κ2) is 8.26. The number of benzene rings is 1. The van der Waals surface area contributed by atoms with Crippen LogP contribution in [0.5, 0.6) is 11.5 Å². The van der Waals surface area contributed by atoms with Gasteiger partial charge in [0, 0.05) is 12.5 Å². The lowest BCUT2D eigenvalue weighted by Crippen LogP contribution is -2.44. The molecule has 0 aromatic heterocycles. The zero-order valence-electron chi connectivity index (χ0n) is 21.1. The van der Waals surface area contributed by atoms with Crippen molar-refractivity contribution >= 4 is 16.6 Å². The first-order chi connectivity index (χ1) is 13.3. The van der Waals surface area contributed by atoms with E-state index in [-0.39, 0.29) is 16.2 Å². The lowest BCUT2D eigenvalue weighted by Gasteiger charge is -2.38. The molecule has 1 unspecified atom stereocenters. The van der Waals surface area contributed by atoms with Crippen LogP contribution in [0.4, 0.5) is 0 Å². The van der Waals surface area contributed by atoms with Gasteiger partial charge >= 0.3 is 0 Å². The van der Waals surface area contributed by atoms with Gasteiger partial charge in [-0.25, -0.2) is 0 Å². The fraction of sp³-hybridized carbons (Fsp3) is 0.750. The van der Waals surface area contributed by atoms with Gasteiger partial charge in [-0.2, -0.15) is 0 Å². The Morgan fingerprint density at radius 1 is 0.933 bits per heavy atom. The van der Waals surface area contributed by atoms with Crippen molar-refractivity contribution in [3.8, 4) is 11.5 Å². The molecule has 0 radical (unpaired) electrons. The fourth-order valence-electron chi connectivity index (χ4n) is 3.07. The molecule has 0 spiro atoms. The monoisotopic (exact) mass is 452 g/mol. The van der Waals surface area contributed by atoms with Crippen LogP contribution in [-0.2, 0) is 11.2 Å². The molecule has 1 aromatic rings. The maximum Gasteiger partial charge on any atom is 0.250 e. The van der Waals surface area contributed by atoms with Crippen LogP contribution in [0, 0.1) is 0 Å².